The highest BCUT2D eigenvalue weighted by molar-refractivity contribution is 9.10. The fraction of sp³-hybridized carbons (Fsp3) is 0.522. The number of aromatic nitrogens is 2. The van der Waals surface area contributed by atoms with Crippen molar-refractivity contribution in [2.75, 3.05) is 26.7 Å². The molecular formula is C23H31BrN4O3. The fourth-order valence-corrected chi connectivity index (χ4v) is 4.02. The van der Waals surface area contributed by atoms with Gasteiger partial charge in [0.05, 0.1) is 23.1 Å². The first kappa shape index (κ1) is 23.3. The van der Waals surface area contributed by atoms with Crippen LogP contribution in [0, 0.1) is 12.8 Å². The minimum Gasteiger partial charge on any atom is -0.444 e. The number of amides is 2. The zero-order valence-electron chi connectivity index (χ0n) is 18.9. The minimum absolute atomic E-state index is 0.0137. The van der Waals surface area contributed by atoms with Gasteiger partial charge in [0.15, 0.2) is 0 Å². The van der Waals surface area contributed by atoms with Crippen LogP contribution in [0.5, 0.6) is 0 Å². The molecule has 1 aromatic carbocycles. The SMILES string of the molecule is Cc1c(C(=O)N2CCC(CN(C)C(=O)OC(C)(C)C)CC2)cnn1-c1ccc(Br)cc1. The molecule has 1 saturated heterocycles. The molecule has 1 fully saturated rings. The van der Waals surface area contributed by atoms with E-state index < -0.39 is 5.60 Å². The van der Waals surface area contributed by atoms with Gasteiger partial charge in [-0.15, -0.1) is 0 Å². The average molecular weight is 491 g/mol. The number of carbonyl (C=O) groups is 2. The molecule has 0 N–H and O–H groups in total. The normalized spacial score (nSPS) is 15.1. The molecule has 2 amide bonds. The molecule has 0 radical (unpaired) electrons. The first-order chi connectivity index (χ1) is 14.5. The third-order valence-corrected chi connectivity index (χ3v) is 5.98. The molecule has 7 nitrogen and oxygen atoms in total. The molecule has 0 saturated carbocycles. The van der Waals surface area contributed by atoms with Crippen LogP contribution < -0.4 is 0 Å². The van der Waals surface area contributed by atoms with Crippen molar-refractivity contribution in [3.63, 3.8) is 0 Å². The van der Waals surface area contributed by atoms with Crippen LogP contribution in [-0.4, -0.2) is 63.9 Å². The maximum Gasteiger partial charge on any atom is 0.410 e. The third kappa shape index (κ3) is 5.87. The number of nitrogens with zero attached hydrogens (tertiary/aromatic N) is 4. The molecule has 1 aromatic heterocycles. The van der Waals surface area contributed by atoms with Crippen molar-refractivity contribution >= 4 is 27.9 Å². The smallest absolute Gasteiger partial charge is 0.410 e. The van der Waals surface area contributed by atoms with Crippen molar-refractivity contribution in [2.24, 2.45) is 5.92 Å². The van der Waals surface area contributed by atoms with Crippen LogP contribution in [-0.2, 0) is 4.74 Å². The van der Waals surface area contributed by atoms with Crippen molar-refractivity contribution in [3.05, 3.63) is 46.2 Å². The number of benzene rings is 1. The average Bonchev–Trinajstić information content (AvgIpc) is 3.08. The molecule has 2 heterocycles. The van der Waals surface area contributed by atoms with Gasteiger partial charge < -0.3 is 14.5 Å². The highest BCUT2D eigenvalue weighted by Crippen LogP contribution is 2.23. The van der Waals surface area contributed by atoms with E-state index in [4.69, 9.17) is 4.74 Å². The number of hydrogen-bond acceptors (Lipinski definition) is 4. The third-order valence-electron chi connectivity index (χ3n) is 5.45. The van der Waals surface area contributed by atoms with Gasteiger partial charge in [-0.1, -0.05) is 15.9 Å². The molecule has 0 atom stereocenters. The Morgan fingerprint density at radius 3 is 2.39 bits per heavy atom. The first-order valence-electron chi connectivity index (χ1n) is 10.6. The number of carbonyl (C=O) groups excluding carboxylic acids is 2. The van der Waals surface area contributed by atoms with Gasteiger partial charge >= 0.3 is 6.09 Å². The summed E-state index contributed by atoms with van der Waals surface area (Å²) in [5.74, 6) is 0.368. The van der Waals surface area contributed by atoms with Gasteiger partial charge in [0.25, 0.3) is 5.91 Å². The molecule has 2 aromatic rings. The van der Waals surface area contributed by atoms with Crippen LogP contribution in [0.3, 0.4) is 0 Å². The predicted octanol–water partition coefficient (Wildman–Crippen LogP) is 4.66. The molecule has 31 heavy (non-hydrogen) atoms. The maximum atomic E-state index is 13.1. The molecule has 0 unspecified atom stereocenters. The summed E-state index contributed by atoms with van der Waals surface area (Å²) in [4.78, 5) is 28.8. The molecule has 1 aliphatic rings. The quantitative estimate of drug-likeness (QED) is 0.624. The van der Waals surface area contributed by atoms with Gasteiger partial charge in [-0.3, -0.25) is 4.79 Å². The summed E-state index contributed by atoms with van der Waals surface area (Å²) in [7, 11) is 1.77. The standard InChI is InChI=1S/C23H31BrN4O3/c1-16-20(14-25-28(16)19-8-6-18(24)7-9-19)21(29)27-12-10-17(11-13-27)15-26(5)22(30)31-23(2,3)4/h6-9,14,17H,10-13,15H2,1-5H3. The monoisotopic (exact) mass is 490 g/mol. The predicted molar refractivity (Wildman–Crippen MR) is 123 cm³/mol. The van der Waals surface area contributed by atoms with Crippen LogP contribution >= 0.6 is 15.9 Å². The van der Waals surface area contributed by atoms with Gasteiger partial charge in [-0.2, -0.15) is 5.10 Å². The highest BCUT2D eigenvalue weighted by Gasteiger charge is 2.28. The second-order valence-electron chi connectivity index (χ2n) is 9.13. The van der Waals surface area contributed by atoms with Gasteiger partial charge in [0.1, 0.15) is 5.60 Å². The van der Waals surface area contributed by atoms with Gasteiger partial charge in [0, 0.05) is 31.2 Å². The number of hydrogen-bond donors (Lipinski definition) is 0. The molecule has 0 aliphatic carbocycles. The number of likely N-dealkylation sites (tertiary alicyclic amines) is 1. The van der Waals surface area contributed by atoms with Crippen LogP contribution in [0.4, 0.5) is 4.79 Å². The van der Waals surface area contributed by atoms with E-state index in [0.717, 1.165) is 28.7 Å². The lowest BCUT2D eigenvalue weighted by Gasteiger charge is -2.34. The van der Waals surface area contributed by atoms with Gasteiger partial charge in [-0.05, 0) is 70.7 Å². The Balaban J connectivity index is 1.57. The Morgan fingerprint density at radius 1 is 1.19 bits per heavy atom. The summed E-state index contributed by atoms with van der Waals surface area (Å²) >= 11 is 3.44. The molecule has 8 heteroatoms. The molecule has 1 aliphatic heterocycles. The van der Waals surface area contributed by atoms with E-state index in [0.29, 0.717) is 31.1 Å². The topological polar surface area (TPSA) is 67.7 Å². The molecule has 0 bridgehead atoms. The van der Waals surface area contributed by atoms with E-state index in [1.54, 1.807) is 22.8 Å². The summed E-state index contributed by atoms with van der Waals surface area (Å²) in [5.41, 5.74) is 1.88. The van der Waals surface area contributed by atoms with Crippen molar-refractivity contribution in [3.8, 4) is 5.69 Å². The Labute approximate surface area is 192 Å². The Bertz CT molecular complexity index is 925. The van der Waals surface area contributed by atoms with Crippen LogP contribution in [0.1, 0.15) is 49.7 Å². The number of halogens is 1. The number of piperidine rings is 1. The maximum absolute atomic E-state index is 13.1. The molecular weight excluding hydrogens is 460 g/mol. The Hall–Kier alpha value is -2.35. The van der Waals surface area contributed by atoms with Crippen LogP contribution in [0.2, 0.25) is 0 Å². The van der Waals surface area contributed by atoms with E-state index in [1.807, 2.05) is 56.9 Å². The number of ether oxygens (including phenoxy) is 1. The Morgan fingerprint density at radius 2 is 1.81 bits per heavy atom. The zero-order chi connectivity index (χ0) is 22.8. The Kier molecular flexibility index (Phi) is 7.09. The lowest BCUT2D eigenvalue weighted by Crippen LogP contribution is -2.43. The highest BCUT2D eigenvalue weighted by atomic mass is 79.9. The second-order valence-corrected chi connectivity index (χ2v) is 10.0. The van der Waals surface area contributed by atoms with Crippen molar-refractivity contribution in [1.29, 1.82) is 0 Å². The summed E-state index contributed by atoms with van der Waals surface area (Å²) in [5, 5.41) is 4.43. The van der Waals surface area contributed by atoms with E-state index in [9.17, 15) is 9.59 Å². The van der Waals surface area contributed by atoms with Crippen LogP contribution in [0.25, 0.3) is 5.69 Å². The minimum atomic E-state index is -0.500. The van der Waals surface area contributed by atoms with Gasteiger partial charge in [0.2, 0.25) is 0 Å². The molecule has 168 valence electrons. The summed E-state index contributed by atoms with van der Waals surface area (Å²) in [6.07, 6.45) is 3.07. The van der Waals surface area contributed by atoms with Crippen molar-refractivity contribution < 1.29 is 14.3 Å². The van der Waals surface area contributed by atoms with E-state index in [1.165, 1.54) is 0 Å². The fourth-order valence-electron chi connectivity index (χ4n) is 3.75. The van der Waals surface area contributed by atoms with E-state index in [2.05, 4.69) is 21.0 Å². The lowest BCUT2D eigenvalue weighted by molar-refractivity contribution is 0.0246. The number of rotatable bonds is 4. The largest absolute Gasteiger partial charge is 0.444 e. The molecule has 0 spiro atoms. The van der Waals surface area contributed by atoms with Crippen molar-refractivity contribution in [1.82, 2.24) is 19.6 Å². The second kappa shape index (κ2) is 9.42. The van der Waals surface area contributed by atoms with E-state index in [-0.39, 0.29) is 12.0 Å². The van der Waals surface area contributed by atoms with Crippen molar-refractivity contribution in [2.45, 2.75) is 46.1 Å². The zero-order valence-corrected chi connectivity index (χ0v) is 20.5. The summed E-state index contributed by atoms with van der Waals surface area (Å²) in [6.45, 7) is 9.50. The summed E-state index contributed by atoms with van der Waals surface area (Å²) in [6, 6.07) is 7.84. The van der Waals surface area contributed by atoms with E-state index >= 15 is 0 Å². The molecule has 3 rings (SSSR count). The first-order valence-corrected chi connectivity index (χ1v) is 11.4. The lowest BCUT2D eigenvalue weighted by atomic mass is 9.96. The van der Waals surface area contributed by atoms with Crippen LogP contribution in [0.15, 0.2) is 34.9 Å². The van der Waals surface area contributed by atoms with Gasteiger partial charge in [-0.25, -0.2) is 9.48 Å². The summed E-state index contributed by atoms with van der Waals surface area (Å²) < 4.78 is 8.22.